The number of hydrogen-bond acceptors (Lipinski definition) is 14. The minimum Gasteiger partial charge on any atom is -0.460 e. The minimum atomic E-state index is -1.64. The Morgan fingerprint density at radius 1 is 0.402 bits per heavy atom. The third-order valence-corrected chi connectivity index (χ3v) is 15.1. The summed E-state index contributed by atoms with van der Waals surface area (Å²) in [6, 6.07) is 75.8. The molecule has 1 saturated heterocycles. The first kappa shape index (κ1) is 62.2. The zero-order chi connectivity index (χ0) is 59.7. The summed E-state index contributed by atoms with van der Waals surface area (Å²) in [6.07, 6.45) is -12.7. The van der Waals surface area contributed by atoms with Crippen LogP contribution in [0.4, 0.5) is 0 Å². The highest BCUT2D eigenvalue weighted by Crippen LogP contribution is 2.39. The summed E-state index contributed by atoms with van der Waals surface area (Å²) >= 11 is 0. The van der Waals surface area contributed by atoms with Crippen molar-refractivity contribution in [3.63, 3.8) is 0 Å². The van der Waals surface area contributed by atoms with Gasteiger partial charge in [0.15, 0.2) is 12.3 Å². The van der Waals surface area contributed by atoms with E-state index in [9.17, 15) is 15.4 Å². The van der Waals surface area contributed by atoms with E-state index in [2.05, 4.69) is 10.0 Å². The maximum absolute atomic E-state index is 13.9. The predicted octanol–water partition coefficient (Wildman–Crippen LogP) is 12.0. The van der Waals surface area contributed by atoms with Crippen LogP contribution in [0, 0.1) is 0 Å². The van der Waals surface area contributed by atoms with Crippen molar-refractivity contribution >= 4 is 5.97 Å². The van der Waals surface area contributed by atoms with Crippen LogP contribution in [0.1, 0.15) is 44.5 Å². The van der Waals surface area contributed by atoms with Crippen LogP contribution in [0.5, 0.6) is 0 Å². The Morgan fingerprint density at radius 3 is 1.09 bits per heavy atom. The number of carbonyl (C=O) groups is 1. The third kappa shape index (κ3) is 18.3. The van der Waals surface area contributed by atoms with E-state index in [-0.39, 0.29) is 59.5 Å². The molecule has 0 aromatic heterocycles. The van der Waals surface area contributed by atoms with Crippen molar-refractivity contribution in [2.24, 2.45) is 5.11 Å². The minimum absolute atomic E-state index is 0.0249. The molecular weight excluding hydrogens is 1100 g/mol. The molecule has 0 amide bonds. The van der Waals surface area contributed by atoms with Gasteiger partial charge < -0.3 is 57.2 Å². The Hall–Kier alpha value is -7.90. The number of carbonyl (C=O) groups excluding carboxylic acids is 1. The number of nitrogens with zero attached hydrogens (tertiary/aromatic N) is 3. The number of aliphatic hydroxyl groups excluding tert-OH is 1. The standard InChI is InChI=1S/C71H73N3O13/c72-74-73-59(70(76)85-48-58-39-23-8-24-40-58)49-84-63-61(75)64(67(81-45-55-33-17-5-18-34-55)68(82-46-56-35-19-6-20-36-56)66(63)80-44-54-31-15-4-16-32-54)87-71-69(83-47-57-37-21-7-22-38-57)65(79-43-53-29-13-3-14-30-53)62(78-42-52-27-11-2-12-28-52)60(86-71)50-77-41-51-25-9-1-10-26-51/h1-40,59-69,71,75H,41-50H2/t59-,60+,61-,62+,63-,64-,65-,66+,67-,68-,69-,71+/m0/s1. The first-order valence-corrected chi connectivity index (χ1v) is 29.4. The van der Waals surface area contributed by atoms with Gasteiger partial charge in [-0.1, -0.05) is 248 Å². The van der Waals surface area contributed by atoms with Gasteiger partial charge in [-0.2, -0.15) is 0 Å². The van der Waals surface area contributed by atoms with Crippen molar-refractivity contribution in [2.45, 2.75) is 126 Å². The van der Waals surface area contributed by atoms with Crippen molar-refractivity contribution in [3.05, 3.63) is 298 Å². The lowest BCUT2D eigenvalue weighted by Crippen LogP contribution is -2.69. The van der Waals surface area contributed by atoms with Gasteiger partial charge in [-0.05, 0) is 50.0 Å². The molecule has 1 heterocycles. The monoisotopic (exact) mass is 1180 g/mol. The van der Waals surface area contributed by atoms with Gasteiger partial charge in [0.05, 0.1) is 59.5 Å². The van der Waals surface area contributed by atoms with Gasteiger partial charge in [-0.25, -0.2) is 0 Å². The molecule has 10 rings (SSSR count). The first-order valence-electron chi connectivity index (χ1n) is 29.4. The Bertz CT molecular complexity index is 3270. The topological polar surface area (TPSA) is 188 Å². The molecule has 16 heteroatoms. The van der Waals surface area contributed by atoms with E-state index in [0.717, 1.165) is 44.5 Å². The number of rotatable bonds is 31. The summed E-state index contributed by atoms with van der Waals surface area (Å²) in [6.45, 7) is 0.315. The second kappa shape index (κ2) is 33.3. The summed E-state index contributed by atoms with van der Waals surface area (Å²) in [7, 11) is 0. The lowest BCUT2D eigenvalue weighted by Gasteiger charge is -2.51. The van der Waals surface area contributed by atoms with E-state index >= 15 is 0 Å². The summed E-state index contributed by atoms with van der Waals surface area (Å²) in [5, 5.41) is 17.3. The molecule has 8 aromatic carbocycles. The number of aliphatic hydroxyl groups is 1. The lowest BCUT2D eigenvalue weighted by molar-refractivity contribution is -0.363. The van der Waals surface area contributed by atoms with Crippen LogP contribution in [0.2, 0.25) is 0 Å². The summed E-state index contributed by atoms with van der Waals surface area (Å²) in [5.74, 6) is -0.836. The molecule has 0 unspecified atom stereocenters. The van der Waals surface area contributed by atoms with Gasteiger partial charge in [-0.3, -0.25) is 4.79 Å². The zero-order valence-electron chi connectivity index (χ0n) is 48.3. The molecule has 0 radical (unpaired) electrons. The molecule has 12 atom stereocenters. The van der Waals surface area contributed by atoms with E-state index < -0.39 is 85.9 Å². The van der Waals surface area contributed by atoms with Crippen molar-refractivity contribution < 1.29 is 62.0 Å². The van der Waals surface area contributed by atoms with Crippen LogP contribution in [0.3, 0.4) is 0 Å². The molecule has 16 nitrogen and oxygen atoms in total. The second-order valence-corrected chi connectivity index (χ2v) is 21.3. The molecule has 1 N–H and O–H groups in total. The number of hydrogen-bond donors (Lipinski definition) is 1. The molecule has 1 aliphatic heterocycles. The number of benzene rings is 8. The molecule has 8 aromatic rings. The molecule has 87 heavy (non-hydrogen) atoms. The summed E-state index contributed by atoms with van der Waals surface area (Å²) in [4.78, 5) is 16.9. The SMILES string of the molecule is [N-]=[N+]=N[C@@H](CO[C@H]1[C@H](O)[C@H](O[C@H]2O[C@H](COCc3ccccc3)[C@@H](OCc3ccccc3)[C@H](OCc3ccccc3)[C@@H]2OCc2ccccc2)[C@H](OCc2ccccc2)[C@@H](OCc2ccccc2)[C@@H]1OCc1ccccc1)C(=O)OCc1ccccc1. The van der Waals surface area contributed by atoms with Crippen molar-refractivity contribution in [1.29, 1.82) is 0 Å². The number of esters is 1. The largest absolute Gasteiger partial charge is 0.460 e. The molecule has 2 aliphatic rings. The van der Waals surface area contributed by atoms with Crippen molar-refractivity contribution in [3.8, 4) is 0 Å². The summed E-state index contributed by atoms with van der Waals surface area (Å²) < 4.78 is 76.0. The fourth-order valence-electron chi connectivity index (χ4n) is 10.6. The molecule has 1 aliphatic carbocycles. The van der Waals surface area contributed by atoms with E-state index in [1.54, 1.807) is 0 Å². The smallest absolute Gasteiger partial charge is 0.317 e. The predicted molar refractivity (Wildman–Crippen MR) is 325 cm³/mol. The quantitative estimate of drug-likeness (QED) is 0.0187. The van der Waals surface area contributed by atoms with Gasteiger partial charge in [0.1, 0.15) is 67.6 Å². The average molecular weight is 1180 g/mol. The Morgan fingerprint density at radius 2 is 0.713 bits per heavy atom. The maximum Gasteiger partial charge on any atom is 0.317 e. The Labute approximate surface area is 508 Å². The second-order valence-electron chi connectivity index (χ2n) is 21.3. The average Bonchev–Trinajstić information content (AvgIpc) is 1.66. The molecule has 0 spiro atoms. The van der Waals surface area contributed by atoms with E-state index in [0.29, 0.717) is 0 Å². The van der Waals surface area contributed by atoms with Crippen LogP contribution in [-0.2, 0) is 110 Å². The highest BCUT2D eigenvalue weighted by molar-refractivity contribution is 5.76. The van der Waals surface area contributed by atoms with E-state index in [1.807, 2.05) is 243 Å². The number of ether oxygens (including phenoxy) is 11. The highest BCUT2D eigenvalue weighted by atomic mass is 16.7. The van der Waals surface area contributed by atoms with E-state index in [1.165, 1.54) is 0 Å². The maximum atomic E-state index is 13.9. The van der Waals surface area contributed by atoms with E-state index in [4.69, 9.17) is 52.1 Å². The van der Waals surface area contributed by atoms with Crippen molar-refractivity contribution in [2.75, 3.05) is 13.2 Å². The number of azide groups is 1. The molecule has 450 valence electrons. The highest BCUT2D eigenvalue weighted by Gasteiger charge is 2.57. The van der Waals surface area contributed by atoms with Gasteiger partial charge in [0.2, 0.25) is 0 Å². The van der Waals surface area contributed by atoms with Crippen LogP contribution >= 0.6 is 0 Å². The van der Waals surface area contributed by atoms with Gasteiger partial charge >= 0.3 is 5.97 Å². The first-order chi connectivity index (χ1) is 43.0. The Balaban J connectivity index is 1.07. The lowest BCUT2D eigenvalue weighted by atomic mass is 9.83. The fraction of sp³-hybridized carbons (Fsp3) is 0.310. The van der Waals surface area contributed by atoms with Crippen LogP contribution < -0.4 is 0 Å². The van der Waals surface area contributed by atoms with Crippen molar-refractivity contribution in [1.82, 2.24) is 0 Å². The van der Waals surface area contributed by atoms with Gasteiger partial charge in [0.25, 0.3) is 0 Å². The summed E-state index contributed by atoms with van der Waals surface area (Å²) in [5.41, 5.74) is 16.8. The molecule has 1 saturated carbocycles. The molecule has 2 fully saturated rings. The zero-order valence-corrected chi connectivity index (χ0v) is 48.3. The Kier molecular flexibility index (Phi) is 23.8. The van der Waals surface area contributed by atoms with Crippen LogP contribution in [0.25, 0.3) is 10.4 Å². The molecule has 0 bridgehead atoms. The van der Waals surface area contributed by atoms with Crippen LogP contribution in [-0.4, -0.2) is 97.7 Å². The third-order valence-electron chi connectivity index (χ3n) is 15.1. The normalized spacial score (nSPS) is 23.0. The van der Waals surface area contributed by atoms with Gasteiger partial charge in [0, 0.05) is 4.91 Å². The van der Waals surface area contributed by atoms with Gasteiger partial charge in [-0.15, -0.1) is 0 Å². The fourth-order valence-corrected chi connectivity index (χ4v) is 10.6. The van der Waals surface area contributed by atoms with Crippen LogP contribution in [0.15, 0.2) is 248 Å². The molecular formula is C71H73N3O13.